The Bertz CT molecular complexity index is 743. The maximum atomic E-state index is 13.0. The maximum absolute atomic E-state index is 13.0. The summed E-state index contributed by atoms with van der Waals surface area (Å²) in [4.78, 5) is 17.0. The zero-order valence-corrected chi connectivity index (χ0v) is 16.1. The summed E-state index contributed by atoms with van der Waals surface area (Å²) in [5.41, 5.74) is 2.84. The molecule has 1 saturated heterocycles. The predicted molar refractivity (Wildman–Crippen MR) is 104 cm³/mol. The fourth-order valence-corrected chi connectivity index (χ4v) is 3.66. The summed E-state index contributed by atoms with van der Waals surface area (Å²) < 4.78 is 6.45. The second-order valence-electron chi connectivity index (χ2n) is 6.79. The minimum atomic E-state index is -0.231. The molecule has 3 rings (SSSR count). The maximum Gasteiger partial charge on any atom is 0.254 e. The lowest BCUT2D eigenvalue weighted by Gasteiger charge is -2.25. The summed E-state index contributed by atoms with van der Waals surface area (Å²) in [6, 6.07) is 18.3. The van der Waals surface area contributed by atoms with Crippen molar-refractivity contribution in [1.82, 2.24) is 9.80 Å². The lowest BCUT2D eigenvalue weighted by molar-refractivity contribution is 0.00477. The van der Waals surface area contributed by atoms with E-state index >= 15 is 0 Å². The van der Waals surface area contributed by atoms with Crippen LogP contribution < -0.4 is 0 Å². The molecule has 1 aliphatic heterocycles. The molecule has 1 fully saturated rings. The first-order valence-electron chi connectivity index (χ1n) is 9.39. The molecule has 4 nitrogen and oxygen atoms in total. The number of nitrogens with zero attached hydrogens (tertiary/aromatic N) is 2. The van der Waals surface area contributed by atoms with Crippen molar-refractivity contribution in [3.8, 4) is 0 Å². The van der Waals surface area contributed by atoms with Gasteiger partial charge < -0.3 is 9.64 Å². The van der Waals surface area contributed by atoms with E-state index in [4.69, 9.17) is 4.74 Å². The number of hydrogen-bond acceptors (Lipinski definition) is 3. The predicted octanol–water partition coefficient (Wildman–Crippen LogP) is 4.26. The van der Waals surface area contributed by atoms with E-state index in [1.54, 1.807) is 0 Å². The first kappa shape index (κ1) is 18.6. The van der Waals surface area contributed by atoms with Gasteiger partial charge in [0.1, 0.15) is 12.3 Å². The van der Waals surface area contributed by atoms with Gasteiger partial charge in [0.2, 0.25) is 0 Å². The summed E-state index contributed by atoms with van der Waals surface area (Å²) in [5, 5.41) is 0. The molecule has 1 heterocycles. The molecule has 0 radical (unpaired) electrons. The van der Waals surface area contributed by atoms with Crippen LogP contribution in [0.3, 0.4) is 0 Å². The van der Waals surface area contributed by atoms with Gasteiger partial charge in [-0.15, -0.1) is 0 Å². The summed E-state index contributed by atoms with van der Waals surface area (Å²) in [5.74, 6) is 0.0680. The molecule has 1 amide bonds. The Balaban J connectivity index is 1.93. The van der Waals surface area contributed by atoms with Gasteiger partial charge in [-0.1, -0.05) is 48.5 Å². The van der Waals surface area contributed by atoms with E-state index < -0.39 is 0 Å². The van der Waals surface area contributed by atoms with Gasteiger partial charge in [-0.05, 0) is 39.4 Å². The Morgan fingerprint density at radius 2 is 1.65 bits per heavy atom. The Labute approximate surface area is 156 Å². The standard InChI is InChI=1S/C22H28N2O2/c1-5-24(6-2)21(25)18-14-10-11-15-19(18)22-23(4)16(3)20(26-22)17-12-8-7-9-13-17/h7-16,20,22H,5-6H2,1-4H3/t16-,20-,22-/m0/s1. The summed E-state index contributed by atoms with van der Waals surface area (Å²) in [6.45, 7) is 7.60. The second-order valence-corrected chi connectivity index (χ2v) is 6.79. The van der Waals surface area contributed by atoms with E-state index in [-0.39, 0.29) is 24.3 Å². The molecule has 0 spiro atoms. The fraction of sp³-hybridized carbons (Fsp3) is 0.409. The van der Waals surface area contributed by atoms with E-state index in [1.165, 1.54) is 5.56 Å². The highest BCUT2D eigenvalue weighted by atomic mass is 16.5. The van der Waals surface area contributed by atoms with E-state index in [0.717, 1.165) is 11.1 Å². The normalized spacial score (nSPS) is 23.2. The van der Waals surface area contributed by atoms with Crippen molar-refractivity contribution in [2.75, 3.05) is 20.1 Å². The van der Waals surface area contributed by atoms with Crippen molar-refractivity contribution in [3.63, 3.8) is 0 Å². The van der Waals surface area contributed by atoms with Gasteiger partial charge in [-0.2, -0.15) is 0 Å². The summed E-state index contributed by atoms with van der Waals surface area (Å²) >= 11 is 0. The van der Waals surface area contributed by atoms with Crippen molar-refractivity contribution in [2.24, 2.45) is 0 Å². The highest BCUT2D eigenvalue weighted by molar-refractivity contribution is 5.95. The Hall–Kier alpha value is -2.17. The minimum Gasteiger partial charge on any atom is -0.349 e. The topological polar surface area (TPSA) is 32.8 Å². The zero-order valence-electron chi connectivity index (χ0n) is 16.1. The molecule has 1 aliphatic rings. The van der Waals surface area contributed by atoms with E-state index in [9.17, 15) is 4.79 Å². The van der Waals surface area contributed by atoms with Crippen LogP contribution in [0.5, 0.6) is 0 Å². The first-order valence-corrected chi connectivity index (χ1v) is 9.39. The van der Waals surface area contributed by atoms with Gasteiger partial charge in [0.05, 0.1) is 0 Å². The SMILES string of the molecule is CCN(CC)C(=O)c1ccccc1[C@@H]1O[C@H](c2ccccc2)[C@H](C)N1C. The lowest BCUT2D eigenvalue weighted by atomic mass is 10.0. The first-order chi connectivity index (χ1) is 12.6. The molecule has 0 saturated carbocycles. The number of likely N-dealkylation sites (N-methyl/N-ethyl adjacent to an activating group) is 1. The molecule has 26 heavy (non-hydrogen) atoms. The molecular formula is C22H28N2O2. The van der Waals surface area contributed by atoms with E-state index in [0.29, 0.717) is 13.1 Å². The number of benzene rings is 2. The molecule has 138 valence electrons. The Morgan fingerprint density at radius 1 is 1.04 bits per heavy atom. The third-order valence-corrected chi connectivity index (χ3v) is 5.36. The van der Waals surface area contributed by atoms with E-state index in [1.807, 2.05) is 61.2 Å². The molecule has 2 aromatic rings. The third kappa shape index (κ3) is 3.39. The number of ether oxygens (including phenoxy) is 1. The van der Waals surface area contributed by atoms with Crippen molar-refractivity contribution in [1.29, 1.82) is 0 Å². The molecule has 0 N–H and O–H groups in total. The molecule has 0 aromatic heterocycles. The molecule has 0 aliphatic carbocycles. The van der Waals surface area contributed by atoms with Crippen LogP contribution in [0.4, 0.5) is 0 Å². The lowest BCUT2D eigenvalue weighted by Crippen LogP contribution is -2.33. The average Bonchev–Trinajstić information content (AvgIpc) is 2.98. The third-order valence-electron chi connectivity index (χ3n) is 5.36. The van der Waals surface area contributed by atoms with Crippen LogP contribution in [0, 0.1) is 0 Å². The smallest absolute Gasteiger partial charge is 0.254 e. The molecule has 4 heteroatoms. The van der Waals surface area contributed by atoms with Crippen LogP contribution in [0.2, 0.25) is 0 Å². The van der Waals surface area contributed by atoms with Crippen molar-refractivity contribution in [2.45, 2.75) is 39.1 Å². The van der Waals surface area contributed by atoms with Gasteiger partial charge in [0.25, 0.3) is 5.91 Å². The summed E-state index contributed by atoms with van der Waals surface area (Å²) in [6.07, 6.45) is -0.242. The van der Waals surface area contributed by atoms with Crippen LogP contribution >= 0.6 is 0 Å². The highest BCUT2D eigenvalue weighted by Gasteiger charge is 2.40. The fourth-order valence-electron chi connectivity index (χ4n) is 3.66. The highest BCUT2D eigenvalue weighted by Crippen LogP contribution is 2.42. The van der Waals surface area contributed by atoms with Crippen molar-refractivity contribution >= 4 is 5.91 Å². The van der Waals surface area contributed by atoms with Gasteiger partial charge >= 0.3 is 0 Å². The van der Waals surface area contributed by atoms with Crippen LogP contribution in [0.25, 0.3) is 0 Å². The van der Waals surface area contributed by atoms with Gasteiger partial charge in [0, 0.05) is 30.3 Å². The van der Waals surface area contributed by atoms with Crippen LogP contribution in [0.1, 0.15) is 54.6 Å². The zero-order chi connectivity index (χ0) is 18.7. The summed E-state index contributed by atoms with van der Waals surface area (Å²) in [7, 11) is 2.07. The minimum absolute atomic E-state index is 0.0113. The van der Waals surface area contributed by atoms with Crippen molar-refractivity contribution in [3.05, 3.63) is 71.3 Å². The monoisotopic (exact) mass is 352 g/mol. The van der Waals surface area contributed by atoms with Crippen LogP contribution in [-0.4, -0.2) is 41.9 Å². The van der Waals surface area contributed by atoms with Gasteiger partial charge in [-0.3, -0.25) is 9.69 Å². The largest absolute Gasteiger partial charge is 0.349 e. The van der Waals surface area contributed by atoms with Crippen LogP contribution in [-0.2, 0) is 4.74 Å². The quantitative estimate of drug-likeness (QED) is 0.806. The van der Waals surface area contributed by atoms with E-state index in [2.05, 4.69) is 31.0 Å². The number of rotatable bonds is 5. The molecule has 0 unspecified atom stereocenters. The molecule has 3 atom stereocenters. The second kappa shape index (κ2) is 8.02. The van der Waals surface area contributed by atoms with Gasteiger partial charge in [0.15, 0.2) is 0 Å². The molecule has 2 aromatic carbocycles. The Kier molecular flexibility index (Phi) is 5.74. The molecular weight excluding hydrogens is 324 g/mol. The number of amides is 1. The number of hydrogen-bond donors (Lipinski definition) is 0. The van der Waals surface area contributed by atoms with Crippen LogP contribution in [0.15, 0.2) is 54.6 Å². The molecule has 0 bridgehead atoms. The number of carbonyl (C=O) groups is 1. The number of carbonyl (C=O) groups excluding carboxylic acids is 1. The Morgan fingerprint density at radius 3 is 2.31 bits per heavy atom. The van der Waals surface area contributed by atoms with Crippen molar-refractivity contribution < 1.29 is 9.53 Å². The van der Waals surface area contributed by atoms with Gasteiger partial charge in [-0.25, -0.2) is 0 Å². The average molecular weight is 352 g/mol.